The summed E-state index contributed by atoms with van der Waals surface area (Å²) < 4.78 is 61.4. The quantitative estimate of drug-likeness (QED) is 0.135. The maximum absolute atomic E-state index is 15.4. The Labute approximate surface area is 288 Å². The third-order valence-corrected chi connectivity index (χ3v) is 8.53. The number of rotatable bonds is 11. The molecule has 1 unspecified atom stereocenters. The highest BCUT2D eigenvalue weighted by atomic mass is 35.5. The molecule has 0 aliphatic heterocycles. The number of nitrogens with one attached hydrogen (secondary N) is 2. The topological polar surface area (TPSA) is 113 Å². The van der Waals surface area contributed by atoms with Gasteiger partial charge in [0, 0.05) is 27.7 Å². The summed E-state index contributed by atoms with van der Waals surface area (Å²) in [6.07, 6.45) is 4.15. The van der Waals surface area contributed by atoms with Gasteiger partial charge in [-0.3, -0.25) is 14.1 Å². The Morgan fingerprint density at radius 2 is 1.54 bits per heavy atom. The van der Waals surface area contributed by atoms with Crippen molar-refractivity contribution in [2.45, 2.75) is 33.1 Å². The SMILES string of the molecule is CC(C)(C)/C=C/c1ccc(C(Cc2ccc(C(=O)NCCS(=O)(=O)O)cc2)C(=O)Nc2c(F)cc(-c3ccc(Cl)cc3Cl)cc2F)cc1. The van der Waals surface area contributed by atoms with Crippen molar-refractivity contribution in [2.75, 3.05) is 17.6 Å². The molecular weight excluding hydrogens is 681 g/mol. The summed E-state index contributed by atoms with van der Waals surface area (Å²) in [5.41, 5.74) is 2.27. The first-order valence-electron chi connectivity index (χ1n) is 14.9. The van der Waals surface area contributed by atoms with Gasteiger partial charge >= 0.3 is 0 Å². The molecule has 0 heterocycles. The van der Waals surface area contributed by atoms with Crippen molar-refractivity contribution in [1.29, 1.82) is 0 Å². The molecule has 0 fully saturated rings. The zero-order chi connectivity index (χ0) is 35.2. The highest BCUT2D eigenvalue weighted by Crippen LogP contribution is 2.34. The Morgan fingerprint density at radius 3 is 2.10 bits per heavy atom. The van der Waals surface area contributed by atoms with E-state index in [1.165, 1.54) is 18.2 Å². The number of carbonyl (C=O) groups is 2. The zero-order valence-corrected chi connectivity index (χ0v) is 28.7. The van der Waals surface area contributed by atoms with Gasteiger partial charge in [-0.1, -0.05) is 98.6 Å². The second kappa shape index (κ2) is 15.4. The number of allylic oxidation sites excluding steroid dienone is 1. The highest BCUT2D eigenvalue weighted by molar-refractivity contribution is 7.85. The van der Waals surface area contributed by atoms with Crippen LogP contribution in [0.1, 0.15) is 53.7 Å². The minimum absolute atomic E-state index is 0.0384. The van der Waals surface area contributed by atoms with Crippen LogP contribution in [0.4, 0.5) is 14.5 Å². The fourth-order valence-corrected chi connectivity index (χ4v) is 5.63. The van der Waals surface area contributed by atoms with Crippen LogP contribution in [0.15, 0.2) is 84.9 Å². The van der Waals surface area contributed by atoms with Crippen molar-refractivity contribution in [3.63, 3.8) is 0 Å². The van der Waals surface area contributed by atoms with Gasteiger partial charge < -0.3 is 10.6 Å². The summed E-state index contributed by atoms with van der Waals surface area (Å²) in [7, 11) is -4.23. The molecule has 0 saturated heterocycles. The monoisotopic (exact) mass is 714 g/mol. The number of hydrogen-bond donors (Lipinski definition) is 3. The number of carbonyl (C=O) groups excluding carboxylic acids is 2. The van der Waals surface area contributed by atoms with Gasteiger partial charge in [0.2, 0.25) is 5.91 Å². The summed E-state index contributed by atoms with van der Waals surface area (Å²) in [5, 5.41) is 5.42. The molecule has 48 heavy (non-hydrogen) atoms. The average molecular weight is 716 g/mol. The first-order valence-corrected chi connectivity index (χ1v) is 17.2. The smallest absolute Gasteiger partial charge is 0.266 e. The maximum atomic E-state index is 15.4. The molecule has 0 radical (unpaired) electrons. The molecule has 7 nitrogen and oxygen atoms in total. The molecule has 0 bridgehead atoms. The van der Waals surface area contributed by atoms with E-state index in [4.69, 9.17) is 27.8 Å². The second-order valence-corrected chi connectivity index (χ2v) is 14.7. The fraction of sp³-hybridized carbons (Fsp3) is 0.222. The Balaban J connectivity index is 1.60. The largest absolute Gasteiger partial charge is 0.351 e. The molecule has 0 aliphatic rings. The van der Waals surface area contributed by atoms with Crippen LogP contribution in [0.5, 0.6) is 0 Å². The van der Waals surface area contributed by atoms with Crippen LogP contribution < -0.4 is 10.6 Å². The van der Waals surface area contributed by atoms with Gasteiger partial charge in [0.15, 0.2) is 0 Å². The van der Waals surface area contributed by atoms with Gasteiger partial charge in [-0.05, 0) is 70.5 Å². The van der Waals surface area contributed by atoms with Gasteiger partial charge in [0.05, 0.1) is 11.7 Å². The van der Waals surface area contributed by atoms with E-state index in [0.29, 0.717) is 21.7 Å². The molecule has 252 valence electrons. The van der Waals surface area contributed by atoms with E-state index in [0.717, 1.165) is 17.7 Å². The van der Waals surface area contributed by atoms with Gasteiger partial charge in [0.1, 0.15) is 17.3 Å². The van der Waals surface area contributed by atoms with Crippen LogP contribution in [0.25, 0.3) is 17.2 Å². The highest BCUT2D eigenvalue weighted by Gasteiger charge is 2.25. The van der Waals surface area contributed by atoms with E-state index >= 15 is 8.78 Å². The third kappa shape index (κ3) is 10.5. The second-order valence-electron chi connectivity index (χ2n) is 12.3. The van der Waals surface area contributed by atoms with Gasteiger partial charge in [-0.15, -0.1) is 0 Å². The summed E-state index contributed by atoms with van der Waals surface area (Å²) in [5.74, 6) is -4.70. The molecule has 3 N–H and O–H groups in total. The van der Waals surface area contributed by atoms with Crippen molar-refractivity contribution >= 4 is 56.9 Å². The number of halogens is 4. The van der Waals surface area contributed by atoms with Gasteiger partial charge in [0.25, 0.3) is 16.0 Å². The molecule has 4 rings (SSSR count). The van der Waals surface area contributed by atoms with E-state index < -0.39 is 50.9 Å². The Bertz CT molecular complexity index is 1920. The Hall–Kier alpha value is -4.09. The van der Waals surface area contributed by atoms with E-state index in [1.807, 2.05) is 18.2 Å². The summed E-state index contributed by atoms with van der Waals surface area (Å²) in [4.78, 5) is 26.2. The first kappa shape index (κ1) is 36.7. The lowest BCUT2D eigenvalue weighted by molar-refractivity contribution is -0.117. The molecule has 0 aliphatic carbocycles. The number of benzene rings is 4. The molecule has 2 amide bonds. The van der Waals surface area contributed by atoms with E-state index in [9.17, 15) is 18.0 Å². The normalized spacial score (nSPS) is 12.6. The average Bonchev–Trinajstić information content (AvgIpc) is 3.00. The third-order valence-electron chi connectivity index (χ3n) is 7.27. The van der Waals surface area contributed by atoms with Crippen LogP contribution in [0.2, 0.25) is 10.0 Å². The lowest BCUT2D eigenvalue weighted by atomic mass is 9.89. The molecular formula is C36H34Cl2F2N2O5S. The van der Waals surface area contributed by atoms with Crippen LogP contribution >= 0.6 is 23.2 Å². The zero-order valence-electron chi connectivity index (χ0n) is 26.4. The van der Waals surface area contributed by atoms with Gasteiger partial charge in [-0.2, -0.15) is 8.42 Å². The van der Waals surface area contributed by atoms with Gasteiger partial charge in [-0.25, -0.2) is 8.78 Å². The van der Waals surface area contributed by atoms with Crippen LogP contribution in [0, 0.1) is 17.0 Å². The number of hydrogen-bond acceptors (Lipinski definition) is 4. The number of amides is 2. The first-order chi connectivity index (χ1) is 22.5. The Kier molecular flexibility index (Phi) is 11.8. The van der Waals surface area contributed by atoms with Crippen molar-refractivity contribution in [2.24, 2.45) is 5.41 Å². The molecule has 0 aromatic heterocycles. The van der Waals surface area contributed by atoms with E-state index in [2.05, 4.69) is 37.5 Å². The lowest BCUT2D eigenvalue weighted by Gasteiger charge is -2.19. The molecule has 1 atom stereocenters. The molecule has 12 heteroatoms. The van der Waals surface area contributed by atoms with Crippen LogP contribution in [-0.4, -0.2) is 37.1 Å². The minimum atomic E-state index is -4.23. The van der Waals surface area contributed by atoms with Crippen LogP contribution in [0.3, 0.4) is 0 Å². The molecule has 4 aromatic carbocycles. The standard InChI is InChI=1S/C36H34Cl2F2N2O5S/c1-36(2,3)15-14-22-4-8-24(9-5-22)29(18-23-6-10-25(11-7-23)34(43)41-16-17-48(45,46)47)35(44)42-33-31(39)19-26(20-32(33)40)28-13-12-27(37)21-30(28)38/h4-15,19-21,29H,16-18H2,1-3H3,(H,41,43)(H,42,44)(H,45,46,47)/b15-14+. The van der Waals surface area contributed by atoms with Crippen LogP contribution in [-0.2, 0) is 21.3 Å². The number of anilines is 1. The fourth-order valence-electron chi connectivity index (χ4n) is 4.75. The Morgan fingerprint density at radius 1 is 0.917 bits per heavy atom. The van der Waals surface area contributed by atoms with Crippen molar-refractivity contribution in [1.82, 2.24) is 5.32 Å². The predicted molar refractivity (Wildman–Crippen MR) is 187 cm³/mol. The lowest BCUT2D eigenvalue weighted by Crippen LogP contribution is -2.28. The van der Waals surface area contributed by atoms with E-state index in [1.54, 1.807) is 36.4 Å². The minimum Gasteiger partial charge on any atom is -0.351 e. The van der Waals surface area contributed by atoms with Crippen molar-refractivity contribution in [3.05, 3.63) is 129 Å². The van der Waals surface area contributed by atoms with Crippen molar-refractivity contribution in [3.8, 4) is 11.1 Å². The summed E-state index contributed by atoms with van der Waals surface area (Å²) in [6.45, 7) is 5.94. The van der Waals surface area contributed by atoms with E-state index in [-0.39, 0.29) is 34.5 Å². The molecule has 4 aromatic rings. The maximum Gasteiger partial charge on any atom is 0.266 e. The summed E-state index contributed by atoms with van der Waals surface area (Å²) in [6, 6.07) is 20.2. The predicted octanol–water partition coefficient (Wildman–Crippen LogP) is 8.58. The molecule has 0 spiro atoms. The van der Waals surface area contributed by atoms with Crippen molar-refractivity contribution < 1.29 is 31.3 Å². The molecule has 0 saturated carbocycles. The summed E-state index contributed by atoms with van der Waals surface area (Å²) >= 11 is 12.2.